The molecule has 1 rings (SSSR count). The lowest BCUT2D eigenvalue weighted by Gasteiger charge is -2.31. The van der Waals surface area contributed by atoms with Crippen molar-refractivity contribution < 1.29 is 19.6 Å². The predicted molar refractivity (Wildman–Crippen MR) is 97.2 cm³/mol. The van der Waals surface area contributed by atoms with Crippen LogP contribution in [0.3, 0.4) is 0 Å². The van der Waals surface area contributed by atoms with Crippen LogP contribution in [0.5, 0.6) is 0 Å². The van der Waals surface area contributed by atoms with Crippen LogP contribution in [0.25, 0.3) is 0 Å². The van der Waals surface area contributed by atoms with E-state index >= 15 is 0 Å². The molecule has 0 aromatic rings. The largest absolute Gasteiger partial charge is 0.234 e. The molecule has 1 saturated carbocycles. The van der Waals surface area contributed by atoms with Crippen LogP contribution in [0.4, 0.5) is 0 Å². The molecule has 0 heterocycles. The Morgan fingerprint density at radius 1 is 0.667 bits per heavy atom. The van der Waals surface area contributed by atoms with Gasteiger partial charge in [0.2, 0.25) is 5.79 Å². The monoisotopic (exact) mass is 340 g/mol. The van der Waals surface area contributed by atoms with Gasteiger partial charge in [-0.05, 0) is 26.7 Å². The zero-order chi connectivity index (χ0) is 17.7. The van der Waals surface area contributed by atoms with E-state index in [0.29, 0.717) is 13.2 Å². The van der Waals surface area contributed by atoms with E-state index in [0.717, 1.165) is 36.8 Å². The van der Waals surface area contributed by atoms with Crippen molar-refractivity contribution in [1.29, 1.82) is 0 Å². The molecular weight excluding hydrogens is 304 g/mol. The topological polar surface area (TPSA) is 36.9 Å². The van der Waals surface area contributed by atoms with Crippen molar-refractivity contribution in [3.63, 3.8) is 0 Å². The Hall–Kier alpha value is -0.680. The summed E-state index contributed by atoms with van der Waals surface area (Å²) in [4.78, 5) is 22.2. The minimum Gasteiger partial charge on any atom is -0.229 e. The van der Waals surface area contributed by atoms with Crippen LogP contribution in [0.1, 0.15) is 84.5 Å². The summed E-state index contributed by atoms with van der Waals surface area (Å²) >= 11 is 0. The molecule has 0 amide bonds. The van der Waals surface area contributed by atoms with Gasteiger partial charge in [0.05, 0.1) is 0 Å². The standard InChI is InChI=1S/C20H36O4/c1-18(2)16-21-23-20(24-22-17-19(3)4)14-12-10-8-6-5-7-9-11-13-15-20/h1,3,5-17H2,2,4H3. The zero-order valence-electron chi connectivity index (χ0n) is 15.7. The lowest BCUT2D eigenvalue weighted by molar-refractivity contribution is -0.511. The smallest absolute Gasteiger partial charge is 0.229 e. The molecule has 1 aliphatic carbocycles. The van der Waals surface area contributed by atoms with E-state index in [1.807, 2.05) is 13.8 Å². The maximum Gasteiger partial charge on any atom is 0.234 e. The summed E-state index contributed by atoms with van der Waals surface area (Å²) in [5, 5.41) is 0. The van der Waals surface area contributed by atoms with Crippen LogP contribution in [-0.4, -0.2) is 19.0 Å². The van der Waals surface area contributed by atoms with Gasteiger partial charge >= 0.3 is 0 Å². The summed E-state index contributed by atoms with van der Waals surface area (Å²) in [5.74, 6) is -0.829. The second kappa shape index (κ2) is 12.6. The molecule has 0 saturated heterocycles. The minimum atomic E-state index is -0.829. The molecule has 4 heteroatoms. The maximum atomic E-state index is 5.73. The van der Waals surface area contributed by atoms with Gasteiger partial charge in [0.15, 0.2) is 0 Å². The summed E-state index contributed by atoms with van der Waals surface area (Å²) in [7, 11) is 0. The number of hydrogen-bond donors (Lipinski definition) is 0. The summed E-state index contributed by atoms with van der Waals surface area (Å²) in [6, 6.07) is 0. The third-order valence-electron chi connectivity index (χ3n) is 4.15. The number of hydrogen-bond acceptors (Lipinski definition) is 4. The van der Waals surface area contributed by atoms with Crippen LogP contribution in [0.15, 0.2) is 24.3 Å². The summed E-state index contributed by atoms with van der Waals surface area (Å²) in [6.45, 7) is 12.2. The van der Waals surface area contributed by atoms with Crippen molar-refractivity contribution in [2.45, 2.75) is 90.3 Å². The molecule has 0 atom stereocenters. The predicted octanol–water partition coefficient (Wildman–Crippen LogP) is 6.04. The SMILES string of the molecule is C=C(C)COOC1(OOCC(=C)C)CCCCCCCCCCC1. The van der Waals surface area contributed by atoms with Crippen molar-refractivity contribution in [3.05, 3.63) is 24.3 Å². The van der Waals surface area contributed by atoms with Gasteiger partial charge in [-0.1, -0.05) is 69.2 Å². The van der Waals surface area contributed by atoms with E-state index in [2.05, 4.69) is 13.2 Å². The van der Waals surface area contributed by atoms with Gasteiger partial charge in [-0.3, -0.25) is 0 Å². The highest BCUT2D eigenvalue weighted by molar-refractivity contribution is 4.87. The summed E-state index contributed by atoms with van der Waals surface area (Å²) < 4.78 is 0. The van der Waals surface area contributed by atoms with Crippen molar-refractivity contribution in [2.75, 3.05) is 13.2 Å². The lowest BCUT2D eigenvalue weighted by atomic mass is 9.97. The molecule has 0 radical (unpaired) electrons. The maximum absolute atomic E-state index is 5.73. The first kappa shape index (κ1) is 21.4. The van der Waals surface area contributed by atoms with Gasteiger partial charge in [0.25, 0.3) is 0 Å². The van der Waals surface area contributed by atoms with E-state index < -0.39 is 5.79 Å². The Balaban J connectivity index is 2.65. The number of rotatable bonds is 8. The van der Waals surface area contributed by atoms with E-state index in [1.54, 1.807) is 0 Å². The van der Waals surface area contributed by atoms with Crippen molar-refractivity contribution in [2.24, 2.45) is 0 Å². The molecule has 0 N–H and O–H groups in total. The van der Waals surface area contributed by atoms with E-state index in [9.17, 15) is 0 Å². The Morgan fingerprint density at radius 2 is 1.00 bits per heavy atom. The highest BCUT2D eigenvalue weighted by Gasteiger charge is 2.35. The van der Waals surface area contributed by atoms with Crippen molar-refractivity contribution >= 4 is 0 Å². The molecule has 24 heavy (non-hydrogen) atoms. The molecule has 0 aromatic carbocycles. The molecule has 4 nitrogen and oxygen atoms in total. The van der Waals surface area contributed by atoms with Crippen molar-refractivity contribution in [1.82, 2.24) is 0 Å². The van der Waals surface area contributed by atoms with Crippen LogP contribution >= 0.6 is 0 Å². The molecule has 0 unspecified atom stereocenters. The van der Waals surface area contributed by atoms with E-state index in [-0.39, 0.29) is 0 Å². The fourth-order valence-corrected chi connectivity index (χ4v) is 2.81. The normalized spacial score (nSPS) is 19.9. The molecular formula is C20H36O4. The molecule has 1 fully saturated rings. The average Bonchev–Trinajstić information content (AvgIpc) is 2.50. The second-order valence-corrected chi connectivity index (χ2v) is 7.20. The Labute approximate surface area is 148 Å². The van der Waals surface area contributed by atoms with Crippen LogP contribution in [0, 0.1) is 0 Å². The fraction of sp³-hybridized carbons (Fsp3) is 0.800. The first-order chi connectivity index (χ1) is 11.5. The van der Waals surface area contributed by atoms with E-state index in [1.165, 1.54) is 44.9 Å². The summed E-state index contributed by atoms with van der Waals surface area (Å²) in [6.07, 6.45) is 12.6. The van der Waals surface area contributed by atoms with Gasteiger partial charge in [-0.25, -0.2) is 9.78 Å². The third kappa shape index (κ3) is 10.2. The Bertz CT molecular complexity index is 331. The highest BCUT2D eigenvalue weighted by Crippen LogP contribution is 2.30. The molecule has 0 spiro atoms. The lowest BCUT2D eigenvalue weighted by Crippen LogP contribution is -2.37. The van der Waals surface area contributed by atoms with Crippen LogP contribution in [0.2, 0.25) is 0 Å². The van der Waals surface area contributed by atoms with E-state index in [4.69, 9.17) is 19.6 Å². The molecule has 0 aromatic heterocycles. The fourth-order valence-electron chi connectivity index (χ4n) is 2.81. The minimum absolute atomic E-state index is 0.367. The van der Waals surface area contributed by atoms with Crippen molar-refractivity contribution in [3.8, 4) is 0 Å². The first-order valence-corrected chi connectivity index (χ1v) is 9.44. The van der Waals surface area contributed by atoms with Gasteiger partial charge in [-0.2, -0.15) is 9.78 Å². The first-order valence-electron chi connectivity index (χ1n) is 9.44. The van der Waals surface area contributed by atoms with Gasteiger partial charge < -0.3 is 0 Å². The molecule has 1 aliphatic rings. The van der Waals surface area contributed by atoms with Gasteiger partial charge in [0.1, 0.15) is 13.2 Å². The zero-order valence-corrected chi connectivity index (χ0v) is 15.7. The second-order valence-electron chi connectivity index (χ2n) is 7.20. The Kier molecular flexibility index (Phi) is 11.3. The average molecular weight is 341 g/mol. The van der Waals surface area contributed by atoms with Gasteiger partial charge in [-0.15, -0.1) is 0 Å². The van der Waals surface area contributed by atoms with Crippen LogP contribution in [-0.2, 0) is 19.6 Å². The molecule has 0 bridgehead atoms. The molecule has 140 valence electrons. The Morgan fingerprint density at radius 3 is 1.33 bits per heavy atom. The van der Waals surface area contributed by atoms with Crippen LogP contribution < -0.4 is 0 Å². The summed E-state index contributed by atoms with van der Waals surface area (Å²) in [5.41, 5.74) is 1.84. The third-order valence-corrected chi connectivity index (χ3v) is 4.15. The highest BCUT2D eigenvalue weighted by atomic mass is 17.3. The quantitative estimate of drug-likeness (QED) is 0.234. The molecule has 0 aliphatic heterocycles. The van der Waals surface area contributed by atoms with Gasteiger partial charge in [0, 0.05) is 12.8 Å².